The van der Waals surface area contributed by atoms with Gasteiger partial charge in [0.1, 0.15) is 0 Å². The first-order valence-electron chi connectivity index (χ1n) is 7.44. The van der Waals surface area contributed by atoms with Gasteiger partial charge in [0.2, 0.25) is 0 Å². The zero-order valence-electron chi connectivity index (χ0n) is 12.6. The lowest BCUT2D eigenvalue weighted by Gasteiger charge is -2.36. The van der Waals surface area contributed by atoms with Gasteiger partial charge in [0, 0.05) is 19.1 Å². The van der Waals surface area contributed by atoms with E-state index >= 15 is 0 Å². The van der Waals surface area contributed by atoms with E-state index in [1.165, 1.54) is 0 Å². The van der Waals surface area contributed by atoms with Gasteiger partial charge in [-0.15, -0.1) is 0 Å². The number of aromatic nitrogens is 2. The minimum Gasteiger partial charge on any atom is -0.338 e. The highest BCUT2D eigenvalue weighted by molar-refractivity contribution is 5.95. The van der Waals surface area contributed by atoms with Crippen LogP contribution in [0.3, 0.4) is 0 Å². The lowest BCUT2D eigenvalue weighted by molar-refractivity contribution is 0.0647. The predicted molar refractivity (Wildman–Crippen MR) is 78.4 cm³/mol. The van der Waals surface area contributed by atoms with Crippen LogP contribution in [0.5, 0.6) is 0 Å². The van der Waals surface area contributed by atoms with E-state index in [1.54, 1.807) is 0 Å². The van der Waals surface area contributed by atoms with E-state index in [1.807, 2.05) is 24.8 Å². The normalized spacial score (nSPS) is 22.9. The molecule has 0 bridgehead atoms. The Bertz CT molecular complexity index is 489. The second kappa shape index (κ2) is 6.31. The van der Waals surface area contributed by atoms with Gasteiger partial charge in [-0.2, -0.15) is 10.2 Å². The van der Waals surface area contributed by atoms with Crippen molar-refractivity contribution in [2.75, 3.05) is 13.1 Å². The van der Waals surface area contributed by atoms with Crippen molar-refractivity contribution < 1.29 is 4.79 Å². The van der Waals surface area contributed by atoms with Crippen molar-refractivity contribution >= 4 is 5.91 Å². The molecule has 5 nitrogen and oxygen atoms in total. The fourth-order valence-electron chi connectivity index (χ4n) is 2.80. The maximum absolute atomic E-state index is 12.7. The molecular formula is C15H24N4O. The molecule has 1 saturated heterocycles. The molecule has 2 N–H and O–H groups in total. The van der Waals surface area contributed by atoms with Gasteiger partial charge in [-0.1, -0.05) is 20.3 Å². The van der Waals surface area contributed by atoms with E-state index in [0.717, 1.165) is 43.7 Å². The molecule has 0 aromatic carbocycles. The van der Waals surface area contributed by atoms with Gasteiger partial charge in [-0.25, -0.2) is 0 Å². The number of piperidine rings is 1. The molecule has 2 rings (SSSR count). The molecule has 2 unspecified atom stereocenters. The Hall–Kier alpha value is -1.49. The van der Waals surface area contributed by atoms with E-state index in [0.29, 0.717) is 11.5 Å². The number of likely N-dealkylation sites (tertiary alicyclic amines) is 1. The fraction of sp³-hybridized carbons (Fsp3) is 0.667. The number of carbonyl (C=O) groups is 1. The molecule has 1 aliphatic rings. The van der Waals surface area contributed by atoms with Crippen LogP contribution in [0.2, 0.25) is 0 Å². The number of amides is 1. The summed E-state index contributed by atoms with van der Waals surface area (Å²) in [4.78, 5) is 14.6. The molecule has 1 fully saturated rings. The number of nitrogens with zero attached hydrogens (tertiary/aromatic N) is 3. The highest BCUT2D eigenvalue weighted by Gasteiger charge is 2.29. The number of nitrogens with two attached hydrogens (primary N) is 1. The van der Waals surface area contributed by atoms with Crippen LogP contribution < -0.4 is 5.73 Å². The first-order valence-corrected chi connectivity index (χ1v) is 7.44. The second-order valence-corrected chi connectivity index (χ2v) is 5.57. The molecule has 5 heteroatoms. The summed E-state index contributed by atoms with van der Waals surface area (Å²) in [5.41, 5.74) is 8.37. The van der Waals surface area contributed by atoms with E-state index in [-0.39, 0.29) is 11.9 Å². The number of rotatable bonds is 3. The maximum atomic E-state index is 12.7. The lowest BCUT2D eigenvalue weighted by Crippen LogP contribution is -2.49. The molecule has 0 spiro atoms. The largest absolute Gasteiger partial charge is 0.338 e. The van der Waals surface area contributed by atoms with Crippen LogP contribution in [-0.2, 0) is 6.42 Å². The molecule has 0 saturated carbocycles. The fourth-order valence-corrected chi connectivity index (χ4v) is 2.80. The summed E-state index contributed by atoms with van der Waals surface area (Å²) in [5.74, 6) is 0.471. The molecule has 2 atom stereocenters. The van der Waals surface area contributed by atoms with Crippen LogP contribution in [0.1, 0.15) is 48.4 Å². The quantitative estimate of drug-likeness (QED) is 0.909. The number of hydrogen-bond donors (Lipinski definition) is 1. The lowest BCUT2D eigenvalue weighted by atomic mass is 9.90. The zero-order valence-corrected chi connectivity index (χ0v) is 12.6. The molecular weight excluding hydrogens is 252 g/mol. The molecule has 20 heavy (non-hydrogen) atoms. The van der Waals surface area contributed by atoms with Crippen molar-refractivity contribution in [2.24, 2.45) is 11.7 Å². The summed E-state index contributed by atoms with van der Waals surface area (Å²) < 4.78 is 0. The average molecular weight is 276 g/mol. The zero-order chi connectivity index (χ0) is 14.7. The van der Waals surface area contributed by atoms with Gasteiger partial charge in [-0.05, 0) is 31.7 Å². The van der Waals surface area contributed by atoms with Crippen LogP contribution >= 0.6 is 0 Å². The van der Waals surface area contributed by atoms with Gasteiger partial charge in [-0.3, -0.25) is 4.79 Å². The van der Waals surface area contributed by atoms with Crippen molar-refractivity contribution in [1.82, 2.24) is 15.1 Å². The minimum atomic E-state index is 0.0743. The molecule has 2 heterocycles. The summed E-state index contributed by atoms with van der Waals surface area (Å²) in [7, 11) is 0. The number of hydrogen-bond acceptors (Lipinski definition) is 4. The highest BCUT2D eigenvalue weighted by Crippen LogP contribution is 2.21. The highest BCUT2D eigenvalue weighted by atomic mass is 16.2. The third-order valence-electron chi connectivity index (χ3n) is 4.16. The summed E-state index contributed by atoms with van der Waals surface area (Å²) in [5, 5.41) is 8.19. The van der Waals surface area contributed by atoms with Crippen LogP contribution in [0.15, 0.2) is 6.07 Å². The maximum Gasteiger partial charge on any atom is 0.255 e. The van der Waals surface area contributed by atoms with Crippen LogP contribution in [-0.4, -0.2) is 40.1 Å². The average Bonchev–Trinajstić information content (AvgIpc) is 2.47. The van der Waals surface area contributed by atoms with Crippen molar-refractivity contribution in [3.8, 4) is 0 Å². The van der Waals surface area contributed by atoms with E-state index in [4.69, 9.17) is 5.73 Å². The Morgan fingerprint density at radius 2 is 2.20 bits per heavy atom. The molecule has 1 aliphatic heterocycles. The van der Waals surface area contributed by atoms with Gasteiger partial charge < -0.3 is 10.6 Å². The van der Waals surface area contributed by atoms with Crippen LogP contribution in [0.25, 0.3) is 0 Å². The number of carbonyl (C=O) groups excluding carboxylic acids is 1. The van der Waals surface area contributed by atoms with Gasteiger partial charge in [0.05, 0.1) is 17.0 Å². The first-order chi connectivity index (χ1) is 9.56. The standard InChI is InChI=1S/C15H24N4O/c1-4-11-9-19(7-6-13(11)16)15(20)12-8-10(3)17-18-14(12)5-2/h8,11,13H,4-7,9,16H2,1-3H3. The Balaban J connectivity index is 2.21. The van der Waals surface area contributed by atoms with E-state index < -0.39 is 0 Å². The van der Waals surface area contributed by atoms with Gasteiger partial charge in [0.15, 0.2) is 0 Å². The molecule has 110 valence electrons. The van der Waals surface area contributed by atoms with Crippen molar-refractivity contribution in [3.63, 3.8) is 0 Å². The first kappa shape index (κ1) is 14.9. The third kappa shape index (κ3) is 2.98. The Morgan fingerprint density at radius 1 is 1.45 bits per heavy atom. The number of aryl methyl sites for hydroxylation is 2. The monoisotopic (exact) mass is 276 g/mol. The molecule has 1 aromatic heterocycles. The molecule has 0 aliphatic carbocycles. The third-order valence-corrected chi connectivity index (χ3v) is 4.16. The summed E-state index contributed by atoms with van der Waals surface area (Å²) in [6, 6.07) is 2.07. The van der Waals surface area contributed by atoms with E-state index in [9.17, 15) is 4.79 Å². The van der Waals surface area contributed by atoms with Crippen molar-refractivity contribution in [2.45, 2.75) is 46.1 Å². The Labute approximate surface area is 120 Å². The van der Waals surface area contributed by atoms with Crippen molar-refractivity contribution in [1.29, 1.82) is 0 Å². The summed E-state index contributed by atoms with van der Waals surface area (Å²) >= 11 is 0. The summed E-state index contributed by atoms with van der Waals surface area (Å²) in [6.45, 7) is 7.48. The van der Waals surface area contributed by atoms with Crippen LogP contribution in [0.4, 0.5) is 0 Å². The molecule has 0 radical (unpaired) electrons. The predicted octanol–water partition coefficient (Wildman–Crippen LogP) is 1.55. The smallest absolute Gasteiger partial charge is 0.255 e. The molecule has 1 amide bonds. The second-order valence-electron chi connectivity index (χ2n) is 5.57. The van der Waals surface area contributed by atoms with Gasteiger partial charge in [0.25, 0.3) is 5.91 Å². The SMILES string of the molecule is CCc1nnc(C)cc1C(=O)N1CCC(N)C(CC)C1. The minimum absolute atomic E-state index is 0.0743. The van der Waals surface area contributed by atoms with Gasteiger partial charge >= 0.3 is 0 Å². The summed E-state index contributed by atoms with van der Waals surface area (Å²) in [6.07, 6.45) is 2.61. The van der Waals surface area contributed by atoms with Crippen LogP contribution in [0, 0.1) is 12.8 Å². The Kier molecular flexibility index (Phi) is 4.70. The molecule has 1 aromatic rings. The van der Waals surface area contributed by atoms with Crippen molar-refractivity contribution in [3.05, 3.63) is 23.0 Å². The topological polar surface area (TPSA) is 72.1 Å². The van der Waals surface area contributed by atoms with E-state index in [2.05, 4.69) is 17.1 Å². The Morgan fingerprint density at radius 3 is 2.85 bits per heavy atom.